The third-order valence-electron chi connectivity index (χ3n) is 5.07. The van der Waals surface area contributed by atoms with Crippen LogP contribution in [0.15, 0.2) is 58.5 Å². The highest BCUT2D eigenvalue weighted by atomic mass is 32.2. The maximum atomic E-state index is 12.3. The van der Waals surface area contributed by atoms with Crippen LogP contribution in [-0.4, -0.2) is 14.1 Å². The Labute approximate surface area is 156 Å². The molecular formula is C21H26N2O2S. The summed E-state index contributed by atoms with van der Waals surface area (Å²) in [7, 11) is -3.64. The highest BCUT2D eigenvalue weighted by Gasteiger charge is 2.16. The number of benzene rings is 2. The number of hydrogen-bond acceptors (Lipinski definition) is 3. The number of nitrogens with zero attached hydrogens (tertiary/aromatic N) is 1. The van der Waals surface area contributed by atoms with Crippen LogP contribution in [0.4, 0.5) is 0 Å². The minimum absolute atomic E-state index is 0.215. The van der Waals surface area contributed by atoms with Gasteiger partial charge in [0.1, 0.15) is 0 Å². The first-order valence-electron chi connectivity index (χ1n) is 9.19. The van der Waals surface area contributed by atoms with Crippen LogP contribution in [0.1, 0.15) is 61.6 Å². The van der Waals surface area contributed by atoms with Crippen LogP contribution < -0.4 is 4.83 Å². The van der Waals surface area contributed by atoms with Gasteiger partial charge in [0.15, 0.2) is 0 Å². The first-order chi connectivity index (χ1) is 12.5. The zero-order valence-corrected chi connectivity index (χ0v) is 16.2. The second-order valence-corrected chi connectivity index (χ2v) is 8.72. The third kappa shape index (κ3) is 4.52. The normalized spacial score (nSPS) is 16.5. The van der Waals surface area contributed by atoms with Crippen molar-refractivity contribution in [1.29, 1.82) is 0 Å². The molecule has 0 unspecified atom stereocenters. The van der Waals surface area contributed by atoms with Crippen LogP contribution in [0.25, 0.3) is 0 Å². The predicted octanol–water partition coefficient (Wildman–Crippen LogP) is 4.75. The van der Waals surface area contributed by atoms with Gasteiger partial charge in [0, 0.05) is 0 Å². The number of sulfonamides is 1. The molecule has 0 radical (unpaired) electrons. The Morgan fingerprint density at radius 2 is 1.58 bits per heavy atom. The second-order valence-electron chi connectivity index (χ2n) is 7.06. The van der Waals surface area contributed by atoms with Gasteiger partial charge in [0.2, 0.25) is 0 Å². The molecule has 1 N–H and O–H groups in total. The van der Waals surface area contributed by atoms with E-state index in [2.05, 4.69) is 22.1 Å². The smallest absolute Gasteiger partial charge is 0.200 e. The first-order valence-corrected chi connectivity index (χ1v) is 10.7. The topological polar surface area (TPSA) is 58.5 Å². The van der Waals surface area contributed by atoms with Crippen molar-refractivity contribution < 1.29 is 8.42 Å². The van der Waals surface area contributed by atoms with Crippen molar-refractivity contribution in [1.82, 2.24) is 4.83 Å². The molecule has 26 heavy (non-hydrogen) atoms. The molecule has 138 valence electrons. The lowest BCUT2D eigenvalue weighted by Gasteiger charge is -2.22. The Morgan fingerprint density at radius 3 is 2.19 bits per heavy atom. The quantitative estimate of drug-likeness (QED) is 0.610. The molecule has 1 fully saturated rings. The van der Waals surface area contributed by atoms with Crippen LogP contribution in [0.2, 0.25) is 0 Å². The molecule has 0 aromatic heterocycles. The molecule has 0 saturated heterocycles. The fraction of sp³-hybridized carbons (Fsp3) is 0.381. The number of hydrazone groups is 1. The van der Waals surface area contributed by atoms with Gasteiger partial charge in [-0.05, 0) is 55.9 Å². The third-order valence-corrected chi connectivity index (χ3v) is 6.29. The Morgan fingerprint density at radius 1 is 0.962 bits per heavy atom. The van der Waals surface area contributed by atoms with E-state index in [-0.39, 0.29) is 4.90 Å². The van der Waals surface area contributed by atoms with Gasteiger partial charge in [-0.1, -0.05) is 61.2 Å². The van der Waals surface area contributed by atoms with E-state index in [4.69, 9.17) is 0 Å². The van der Waals surface area contributed by atoms with E-state index in [9.17, 15) is 8.42 Å². The maximum absolute atomic E-state index is 12.3. The van der Waals surface area contributed by atoms with Crippen molar-refractivity contribution in [3.63, 3.8) is 0 Å². The molecule has 1 aliphatic rings. The van der Waals surface area contributed by atoms with E-state index in [1.165, 1.54) is 37.7 Å². The summed E-state index contributed by atoms with van der Waals surface area (Å²) in [6, 6.07) is 15.1. The van der Waals surface area contributed by atoms with Crippen LogP contribution in [0.5, 0.6) is 0 Å². The molecular weight excluding hydrogens is 344 g/mol. The zero-order valence-electron chi connectivity index (χ0n) is 15.4. The van der Waals surface area contributed by atoms with Gasteiger partial charge in [0.25, 0.3) is 10.0 Å². The van der Waals surface area contributed by atoms with E-state index < -0.39 is 10.0 Å². The average molecular weight is 371 g/mol. The summed E-state index contributed by atoms with van der Waals surface area (Å²) < 4.78 is 24.6. The molecule has 0 atom stereocenters. The van der Waals surface area contributed by atoms with Gasteiger partial charge in [-0.15, -0.1) is 0 Å². The summed E-state index contributed by atoms with van der Waals surface area (Å²) >= 11 is 0. The summed E-state index contributed by atoms with van der Waals surface area (Å²) in [5.74, 6) is 0.662. The minimum Gasteiger partial charge on any atom is -0.200 e. The lowest BCUT2D eigenvalue weighted by atomic mass is 9.84. The summed E-state index contributed by atoms with van der Waals surface area (Å²) in [5.41, 5.74) is 3.97. The number of nitrogens with one attached hydrogen (secondary N) is 1. The number of aryl methyl sites for hydroxylation is 1. The predicted molar refractivity (Wildman–Crippen MR) is 106 cm³/mol. The molecule has 0 spiro atoms. The molecule has 0 bridgehead atoms. The summed E-state index contributed by atoms with van der Waals surface area (Å²) in [6.45, 7) is 3.73. The van der Waals surface area contributed by atoms with E-state index in [0.717, 1.165) is 11.1 Å². The van der Waals surface area contributed by atoms with Crippen LogP contribution >= 0.6 is 0 Å². The summed E-state index contributed by atoms with van der Waals surface area (Å²) in [4.78, 5) is 2.55. The van der Waals surface area contributed by atoms with Gasteiger partial charge in [-0.2, -0.15) is 18.4 Å². The Kier molecular flexibility index (Phi) is 5.77. The summed E-state index contributed by atoms with van der Waals surface area (Å²) in [6.07, 6.45) is 6.51. The standard InChI is InChI=1S/C21H26N2O2S/c1-16-8-14-21(15-9-16)26(24,25)23-22-17(2)18-10-12-20(13-11-18)19-6-4-3-5-7-19/h8-15,19,23H,3-7H2,1-2H3. The van der Waals surface area contributed by atoms with Gasteiger partial charge >= 0.3 is 0 Å². The van der Waals surface area contributed by atoms with Crippen molar-refractivity contribution in [3.8, 4) is 0 Å². The maximum Gasteiger partial charge on any atom is 0.276 e. The molecule has 2 aromatic carbocycles. The Hall–Kier alpha value is -2.14. The van der Waals surface area contributed by atoms with Crippen LogP contribution in [0.3, 0.4) is 0 Å². The molecule has 1 saturated carbocycles. The van der Waals surface area contributed by atoms with E-state index in [1.807, 2.05) is 26.0 Å². The van der Waals surface area contributed by atoms with Crippen molar-refractivity contribution in [3.05, 3.63) is 65.2 Å². The lowest BCUT2D eigenvalue weighted by molar-refractivity contribution is 0.443. The molecule has 0 aliphatic heterocycles. The highest BCUT2D eigenvalue weighted by Crippen LogP contribution is 2.32. The molecule has 0 heterocycles. The average Bonchev–Trinajstić information content (AvgIpc) is 2.67. The van der Waals surface area contributed by atoms with Crippen LogP contribution in [-0.2, 0) is 10.0 Å². The Bertz CT molecular complexity index is 863. The fourth-order valence-corrected chi connectivity index (χ4v) is 4.25. The van der Waals surface area contributed by atoms with Crippen molar-refractivity contribution in [2.45, 2.75) is 56.8 Å². The highest BCUT2D eigenvalue weighted by molar-refractivity contribution is 7.89. The largest absolute Gasteiger partial charge is 0.276 e. The van der Waals surface area contributed by atoms with Gasteiger partial charge in [-0.3, -0.25) is 0 Å². The molecule has 3 rings (SSSR count). The monoisotopic (exact) mass is 370 g/mol. The fourth-order valence-electron chi connectivity index (χ4n) is 3.40. The lowest BCUT2D eigenvalue weighted by Crippen LogP contribution is -2.20. The van der Waals surface area contributed by atoms with Crippen molar-refractivity contribution in [2.75, 3.05) is 0 Å². The van der Waals surface area contributed by atoms with E-state index >= 15 is 0 Å². The summed E-state index contributed by atoms with van der Waals surface area (Å²) in [5, 5.41) is 4.09. The first kappa shape index (κ1) is 18.6. The number of rotatable bonds is 5. The minimum atomic E-state index is -3.64. The van der Waals surface area contributed by atoms with Crippen molar-refractivity contribution >= 4 is 15.7 Å². The number of hydrogen-bond donors (Lipinski definition) is 1. The van der Waals surface area contributed by atoms with Crippen molar-refractivity contribution in [2.24, 2.45) is 5.10 Å². The zero-order chi connectivity index (χ0) is 18.6. The Balaban J connectivity index is 1.70. The van der Waals surface area contributed by atoms with E-state index in [0.29, 0.717) is 11.6 Å². The molecule has 1 aliphatic carbocycles. The molecule has 4 nitrogen and oxygen atoms in total. The second kappa shape index (κ2) is 8.04. The SMILES string of the molecule is CC(=NNS(=O)(=O)c1ccc(C)cc1)c1ccc(C2CCCCC2)cc1. The van der Waals surface area contributed by atoms with E-state index in [1.54, 1.807) is 24.3 Å². The van der Waals surface area contributed by atoms with Gasteiger partial charge in [-0.25, -0.2) is 0 Å². The van der Waals surface area contributed by atoms with Gasteiger partial charge < -0.3 is 0 Å². The molecule has 5 heteroatoms. The van der Waals surface area contributed by atoms with Crippen LogP contribution in [0, 0.1) is 6.92 Å². The molecule has 0 amide bonds. The molecule has 2 aromatic rings. The van der Waals surface area contributed by atoms with Gasteiger partial charge in [0.05, 0.1) is 10.6 Å².